The zero-order valence-corrected chi connectivity index (χ0v) is 8.52. The highest BCUT2D eigenvalue weighted by molar-refractivity contribution is 5.52. The fourth-order valence-electron chi connectivity index (χ4n) is 2.20. The second kappa shape index (κ2) is 3.96. The lowest BCUT2D eigenvalue weighted by atomic mass is 10.0. The van der Waals surface area contributed by atoms with Crippen molar-refractivity contribution in [1.29, 1.82) is 0 Å². The van der Waals surface area contributed by atoms with Crippen LogP contribution in [0.3, 0.4) is 0 Å². The van der Waals surface area contributed by atoms with Crippen LogP contribution in [0.5, 0.6) is 0 Å². The molecule has 2 heterocycles. The van der Waals surface area contributed by atoms with E-state index in [1.54, 1.807) is 4.90 Å². The Balaban J connectivity index is 2.12. The largest absolute Gasteiger partial charge is 0.317 e. The summed E-state index contributed by atoms with van der Waals surface area (Å²) in [5.74, 6) is 0. The lowest BCUT2D eigenvalue weighted by Gasteiger charge is -2.25. The molecule has 1 atom stereocenters. The summed E-state index contributed by atoms with van der Waals surface area (Å²) in [5.41, 5.74) is 1.27. The Morgan fingerprint density at radius 1 is 1.57 bits per heavy atom. The molecule has 0 bridgehead atoms. The van der Waals surface area contributed by atoms with E-state index >= 15 is 0 Å². The second-order valence-electron chi connectivity index (χ2n) is 3.97. The van der Waals surface area contributed by atoms with Crippen LogP contribution in [0, 0.1) is 0 Å². The molecule has 14 heavy (non-hydrogen) atoms. The van der Waals surface area contributed by atoms with Gasteiger partial charge in [0.15, 0.2) is 0 Å². The van der Waals surface area contributed by atoms with E-state index in [9.17, 15) is 4.79 Å². The highest BCUT2D eigenvalue weighted by Crippen LogP contribution is 2.24. The normalized spacial score (nSPS) is 27.9. The quantitative estimate of drug-likeness (QED) is 0.609. The first kappa shape index (κ1) is 9.46. The van der Waals surface area contributed by atoms with E-state index in [0.29, 0.717) is 12.6 Å². The van der Waals surface area contributed by atoms with Gasteiger partial charge in [0.1, 0.15) is 0 Å². The van der Waals surface area contributed by atoms with Crippen molar-refractivity contribution in [3.8, 4) is 0 Å². The lowest BCUT2D eigenvalue weighted by molar-refractivity contribution is -0.115. The molecule has 2 aliphatic heterocycles. The minimum Gasteiger partial charge on any atom is -0.317 e. The van der Waals surface area contributed by atoms with Gasteiger partial charge in [-0.15, -0.1) is 0 Å². The number of hydrogen-bond acceptors (Lipinski definition) is 2. The van der Waals surface area contributed by atoms with Crippen LogP contribution >= 0.6 is 0 Å². The average Bonchev–Trinajstić information content (AvgIpc) is 2.65. The highest BCUT2D eigenvalue weighted by Gasteiger charge is 2.24. The molecule has 2 rings (SSSR count). The van der Waals surface area contributed by atoms with Crippen LogP contribution in [0.1, 0.15) is 12.8 Å². The Kier molecular flexibility index (Phi) is 2.68. The minimum atomic E-state index is 0.508. The predicted molar refractivity (Wildman–Crippen MR) is 55.6 cm³/mol. The third-order valence-electron chi connectivity index (χ3n) is 2.98. The maximum absolute atomic E-state index is 10.6. The number of nitrogens with zero attached hydrogens (tertiary/aromatic N) is 2. The number of likely N-dealkylation sites (N-methyl/N-ethyl adjacent to an activating group) is 1. The SMILES string of the molecule is CN1CCCC1C1=CN(C=O)CC=C1. The van der Waals surface area contributed by atoms with E-state index in [0.717, 1.165) is 13.0 Å². The van der Waals surface area contributed by atoms with Crippen LogP contribution in [0.4, 0.5) is 0 Å². The van der Waals surface area contributed by atoms with E-state index in [1.165, 1.54) is 18.4 Å². The third kappa shape index (κ3) is 1.73. The predicted octanol–water partition coefficient (Wildman–Crippen LogP) is 0.993. The summed E-state index contributed by atoms with van der Waals surface area (Å²) < 4.78 is 0. The van der Waals surface area contributed by atoms with Crippen LogP contribution in [-0.4, -0.2) is 42.4 Å². The van der Waals surface area contributed by atoms with Crippen molar-refractivity contribution in [3.05, 3.63) is 23.9 Å². The number of carbonyl (C=O) groups excluding carboxylic acids is 1. The summed E-state index contributed by atoms with van der Waals surface area (Å²) in [6.45, 7) is 1.88. The zero-order valence-electron chi connectivity index (χ0n) is 8.52. The molecule has 3 heteroatoms. The summed E-state index contributed by atoms with van der Waals surface area (Å²) >= 11 is 0. The number of carbonyl (C=O) groups is 1. The number of likely N-dealkylation sites (tertiary alicyclic amines) is 1. The van der Waals surface area contributed by atoms with Crippen molar-refractivity contribution in [2.75, 3.05) is 20.1 Å². The third-order valence-corrected chi connectivity index (χ3v) is 2.98. The standard InChI is InChI=1S/C11H16N2O/c1-12-6-3-5-11(12)10-4-2-7-13(8-10)9-14/h2,4,8-9,11H,3,5-7H2,1H3. The maximum atomic E-state index is 10.6. The Morgan fingerprint density at radius 3 is 3.07 bits per heavy atom. The highest BCUT2D eigenvalue weighted by atomic mass is 16.1. The molecule has 0 aliphatic carbocycles. The van der Waals surface area contributed by atoms with E-state index in [2.05, 4.69) is 24.1 Å². The van der Waals surface area contributed by atoms with Gasteiger partial charge in [0.25, 0.3) is 0 Å². The van der Waals surface area contributed by atoms with E-state index in [1.807, 2.05) is 6.20 Å². The minimum absolute atomic E-state index is 0.508. The van der Waals surface area contributed by atoms with Gasteiger partial charge in [-0.2, -0.15) is 0 Å². The van der Waals surface area contributed by atoms with Crippen molar-refractivity contribution in [1.82, 2.24) is 9.80 Å². The maximum Gasteiger partial charge on any atom is 0.213 e. The summed E-state index contributed by atoms with van der Waals surface area (Å²) in [5, 5.41) is 0. The van der Waals surface area contributed by atoms with E-state index < -0.39 is 0 Å². The molecule has 0 radical (unpaired) electrons. The molecule has 0 aromatic rings. The lowest BCUT2D eigenvalue weighted by Crippen LogP contribution is -2.29. The topological polar surface area (TPSA) is 23.6 Å². The van der Waals surface area contributed by atoms with Crippen molar-refractivity contribution in [3.63, 3.8) is 0 Å². The molecule has 1 saturated heterocycles. The van der Waals surface area contributed by atoms with Crippen molar-refractivity contribution < 1.29 is 4.79 Å². The summed E-state index contributed by atoms with van der Waals surface area (Å²) in [6.07, 6.45) is 9.52. The van der Waals surface area contributed by atoms with E-state index in [4.69, 9.17) is 0 Å². The molecule has 1 unspecified atom stereocenters. The van der Waals surface area contributed by atoms with Crippen LogP contribution in [0.2, 0.25) is 0 Å². The van der Waals surface area contributed by atoms with Gasteiger partial charge in [0, 0.05) is 18.8 Å². The fraction of sp³-hybridized carbons (Fsp3) is 0.545. The number of hydrogen-bond donors (Lipinski definition) is 0. The second-order valence-corrected chi connectivity index (χ2v) is 3.97. The Morgan fingerprint density at radius 2 is 2.43 bits per heavy atom. The Bertz CT molecular complexity index is 283. The van der Waals surface area contributed by atoms with Crippen molar-refractivity contribution in [2.24, 2.45) is 0 Å². The van der Waals surface area contributed by atoms with Crippen molar-refractivity contribution >= 4 is 6.41 Å². The molecule has 0 aromatic carbocycles. The summed E-state index contributed by atoms with van der Waals surface area (Å²) in [7, 11) is 2.15. The van der Waals surface area contributed by atoms with Gasteiger partial charge in [-0.05, 0) is 32.0 Å². The van der Waals surface area contributed by atoms with Gasteiger partial charge in [0.05, 0.1) is 0 Å². The summed E-state index contributed by atoms with van der Waals surface area (Å²) in [4.78, 5) is 14.7. The molecule has 2 aliphatic rings. The smallest absolute Gasteiger partial charge is 0.213 e. The number of amides is 1. The Hall–Kier alpha value is -1.09. The summed E-state index contributed by atoms with van der Waals surface area (Å²) in [6, 6.07) is 0.508. The van der Waals surface area contributed by atoms with Crippen LogP contribution in [0.15, 0.2) is 23.9 Å². The molecular weight excluding hydrogens is 176 g/mol. The monoisotopic (exact) mass is 192 g/mol. The van der Waals surface area contributed by atoms with Gasteiger partial charge in [-0.3, -0.25) is 9.69 Å². The Labute approximate surface area is 84.7 Å². The number of rotatable bonds is 2. The molecule has 76 valence electrons. The average molecular weight is 192 g/mol. The molecule has 3 nitrogen and oxygen atoms in total. The van der Waals surface area contributed by atoms with Crippen LogP contribution in [0.25, 0.3) is 0 Å². The van der Waals surface area contributed by atoms with Gasteiger partial charge < -0.3 is 4.90 Å². The first-order valence-electron chi connectivity index (χ1n) is 5.11. The zero-order chi connectivity index (χ0) is 9.97. The molecule has 0 spiro atoms. The fourth-order valence-corrected chi connectivity index (χ4v) is 2.20. The van der Waals surface area contributed by atoms with Gasteiger partial charge in [-0.25, -0.2) is 0 Å². The molecule has 0 aromatic heterocycles. The molecular formula is C11H16N2O. The van der Waals surface area contributed by atoms with Gasteiger partial charge >= 0.3 is 0 Å². The molecule has 0 N–H and O–H groups in total. The first-order chi connectivity index (χ1) is 6.81. The van der Waals surface area contributed by atoms with Gasteiger partial charge in [-0.1, -0.05) is 12.2 Å². The first-order valence-corrected chi connectivity index (χ1v) is 5.11. The van der Waals surface area contributed by atoms with Crippen LogP contribution < -0.4 is 0 Å². The van der Waals surface area contributed by atoms with Crippen LogP contribution in [-0.2, 0) is 4.79 Å². The molecule has 0 saturated carbocycles. The van der Waals surface area contributed by atoms with E-state index in [-0.39, 0.29) is 0 Å². The molecule has 1 amide bonds. The van der Waals surface area contributed by atoms with Gasteiger partial charge in [0.2, 0.25) is 6.41 Å². The van der Waals surface area contributed by atoms with Crippen molar-refractivity contribution in [2.45, 2.75) is 18.9 Å². The molecule has 1 fully saturated rings.